The van der Waals surface area contributed by atoms with Gasteiger partial charge in [-0.15, -0.1) is 0 Å². The molecule has 0 aliphatic carbocycles. The Bertz CT molecular complexity index is 750. The van der Waals surface area contributed by atoms with Gasteiger partial charge < -0.3 is 0 Å². The highest BCUT2D eigenvalue weighted by atomic mass is 79.9. The SMILES string of the molecule is Cc1ccc(C(Br)c2cnn(-c3ccccc3)c2)cc1Br. The van der Waals surface area contributed by atoms with Gasteiger partial charge in [-0.3, -0.25) is 0 Å². The Labute approximate surface area is 141 Å². The monoisotopic (exact) mass is 404 g/mol. The van der Waals surface area contributed by atoms with Gasteiger partial charge in [-0.25, -0.2) is 4.68 Å². The van der Waals surface area contributed by atoms with Crippen LogP contribution in [0.4, 0.5) is 0 Å². The van der Waals surface area contributed by atoms with Crippen molar-refractivity contribution in [3.8, 4) is 5.69 Å². The average molecular weight is 406 g/mol. The highest BCUT2D eigenvalue weighted by Gasteiger charge is 2.14. The fourth-order valence-electron chi connectivity index (χ4n) is 2.15. The minimum Gasteiger partial charge on any atom is -0.241 e. The van der Waals surface area contributed by atoms with Crippen LogP contribution in [0.2, 0.25) is 0 Å². The third-order valence-electron chi connectivity index (χ3n) is 3.40. The Hall–Kier alpha value is -1.39. The van der Waals surface area contributed by atoms with E-state index >= 15 is 0 Å². The van der Waals surface area contributed by atoms with Crippen LogP contribution in [0.1, 0.15) is 21.5 Å². The van der Waals surface area contributed by atoms with E-state index in [1.54, 1.807) is 0 Å². The van der Waals surface area contributed by atoms with Crippen LogP contribution in [0.3, 0.4) is 0 Å². The standard InChI is InChI=1S/C17H14Br2N2/c1-12-7-8-13(9-16(12)18)17(19)14-10-20-21(11-14)15-5-3-2-4-6-15/h2-11,17H,1H3. The number of aromatic nitrogens is 2. The Morgan fingerprint density at radius 3 is 2.52 bits per heavy atom. The summed E-state index contributed by atoms with van der Waals surface area (Å²) in [4.78, 5) is 0.131. The van der Waals surface area contributed by atoms with E-state index in [0.717, 1.165) is 15.7 Å². The average Bonchev–Trinajstić information content (AvgIpc) is 3.00. The first-order valence-electron chi connectivity index (χ1n) is 6.65. The highest BCUT2D eigenvalue weighted by Crippen LogP contribution is 2.33. The number of nitrogens with zero attached hydrogens (tertiary/aromatic N) is 2. The van der Waals surface area contributed by atoms with Crippen LogP contribution in [0, 0.1) is 6.92 Å². The molecule has 1 heterocycles. The zero-order valence-corrected chi connectivity index (χ0v) is 14.7. The highest BCUT2D eigenvalue weighted by molar-refractivity contribution is 9.10. The van der Waals surface area contributed by atoms with Crippen molar-refractivity contribution in [1.29, 1.82) is 0 Å². The van der Waals surface area contributed by atoms with Crippen molar-refractivity contribution in [3.05, 3.63) is 82.1 Å². The maximum Gasteiger partial charge on any atom is 0.0676 e. The van der Waals surface area contributed by atoms with Gasteiger partial charge in [0.05, 0.1) is 16.7 Å². The summed E-state index contributed by atoms with van der Waals surface area (Å²) >= 11 is 7.35. The molecule has 3 aromatic rings. The topological polar surface area (TPSA) is 17.8 Å². The summed E-state index contributed by atoms with van der Waals surface area (Å²) in [7, 11) is 0. The third kappa shape index (κ3) is 3.11. The number of aryl methyl sites for hydroxylation is 1. The first-order chi connectivity index (χ1) is 10.1. The summed E-state index contributed by atoms with van der Waals surface area (Å²) in [6.07, 6.45) is 3.96. The molecule has 0 aliphatic rings. The summed E-state index contributed by atoms with van der Waals surface area (Å²) in [6, 6.07) is 16.5. The molecule has 1 atom stereocenters. The van der Waals surface area contributed by atoms with Crippen LogP contribution in [0.25, 0.3) is 5.69 Å². The zero-order valence-electron chi connectivity index (χ0n) is 11.5. The van der Waals surface area contributed by atoms with Gasteiger partial charge in [0.1, 0.15) is 0 Å². The Kier molecular flexibility index (Phi) is 4.27. The molecule has 1 unspecified atom stereocenters. The van der Waals surface area contributed by atoms with Crippen molar-refractivity contribution in [1.82, 2.24) is 9.78 Å². The molecule has 0 fully saturated rings. The van der Waals surface area contributed by atoms with E-state index in [4.69, 9.17) is 0 Å². The van der Waals surface area contributed by atoms with Gasteiger partial charge in [-0.1, -0.05) is 62.2 Å². The largest absolute Gasteiger partial charge is 0.241 e. The molecule has 0 amide bonds. The molecule has 106 valence electrons. The van der Waals surface area contributed by atoms with Crippen LogP contribution in [-0.2, 0) is 0 Å². The number of alkyl halides is 1. The molecule has 0 spiro atoms. The molecule has 0 aliphatic heterocycles. The first-order valence-corrected chi connectivity index (χ1v) is 8.36. The molecule has 21 heavy (non-hydrogen) atoms. The number of benzene rings is 2. The molecule has 3 rings (SSSR count). The fourth-order valence-corrected chi connectivity index (χ4v) is 3.07. The normalized spacial score (nSPS) is 12.3. The van der Waals surface area contributed by atoms with Crippen LogP contribution >= 0.6 is 31.9 Å². The lowest BCUT2D eigenvalue weighted by Gasteiger charge is -2.09. The van der Waals surface area contributed by atoms with Crippen LogP contribution in [-0.4, -0.2) is 9.78 Å². The van der Waals surface area contributed by atoms with E-state index in [1.165, 1.54) is 11.1 Å². The van der Waals surface area contributed by atoms with Gasteiger partial charge in [-0.05, 0) is 36.2 Å². The number of rotatable bonds is 3. The molecule has 0 N–H and O–H groups in total. The zero-order chi connectivity index (χ0) is 14.8. The van der Waals surface area contributed by atoms with Gasteiger partial charge in [0.15, 0.2) is 0 Å². The van der Waals surface area contributed by atoms with E-state index in [2.05, 4.69) is 68.3 Å². The number of hydrogen-bond donors (Lipinski definition) is 0. The molecule has 0 bridgehead atoms. The van der Waals surface area contributed by atoms with Gasteiger partial charge in [-0.2, -0.15) is 5.10 Å². The third-order valence-corrected chi connectivity index (χ3v) is 5.32. The molecule has 0 saturated carbocycles. The minimum atomic E-state index is 0.131. The molecule has 0 radical (unpaired) electrons. The molecule has 4 heteroatoms. The van der Waals surface area contributed by atoms with Gasteiger partial charge in [0, 0.05) is 16.2 Å². The summed E-state index contributed by atoms with van der Waals surface area (Å²) in [5.41, 5.74) is 4.64. The van der Waals surface area contributed by atoms with Crippen LogP contribution < -0.4 is 0 Å². The fraction of sp³-hybridized carbons (Fsp3) is 0.118. The quantitative estimate of drug-likeness (QED) is 0.531. The summed E-state index contributed by atoms with van der Waals surface area (Å²) in [6.45, 7) is 2.09. The van der Waals surface area contributed by atoms with E-state index in [0.29, 0.717) is 0 Å². The second kappa shape index (κ2) is 6.16. The van der Waals surface area contributed by atoms with E-state index in [-0.39, 0.29) is 4.83 Å². The minimum absolute atomic E-state index is 0.131. The lowest BCUT2D eigenvalue weighted by atomic mass is 10.1. The van der Waals surface area contributed by atoms with Gasteiger partial charge in [0.25, 0.3) is 0 Å². The molecular weight excluding hydrogens is 392 g/mol. The van der Waals surface area contributed by atoms with E-state index in [1.807, 2.05) is 41.2 Å². The summed E-state index contributed by atoms with van der Waals surface area (Å²) in [5, 5.41) is 4.45. The first kappa shape index (κ1) is 14.5. The van der Waals surface area contributed by atoms with Crippen molar-refractivity contribution in [3.63, 3.8) is 0 Å². The summed E-state index contributed by atoms with van der Waals surface area (Å²) < 4.78 is 3.02. The molecule has 0 saturated heterocycles. The van der Waals surface area contributed by atoms with E-state index < -0.39 is 0 Å². The Morgan fingerprint density at radius 1 is 1.05 bits per heavy atom. The smallest absolute Gasteiger partial charge is 0.0676 e. The van der Waals surface area contributed by atoms with Gasteiger partial charge >= 0.3 is 0 Å². The van der Waals surface area contributed by atoms with Gasteiger partial charge in [0.2, 0.25) is 0 Å². The van der Waals surface area contributed by atoms with Crippen molar-refractivity contribution < 1.29 is 0 Å². The lowest BCUT2D eigenvalue weighted by Crippen LogP contribution is -1.94. The predicted molar refractivity (Wildman–Crippen MR) is 93.2 cm³/mol. The second-order valence-electron chi connectivity index (χ2n) is 4.92. The maximum absolute atomic E-state index is 4.45. The molecule has 1 aromatic heterocycles. The second-order valence-corrected chi connectivity index (χ2v) is 6.69. The Balaban J connectivity index is 1.90. The number of halogens is 2. The van der Waals surface area contributed by atoms with Crippen LogP contribution in [0.5, 0.6) is 0 Å². The molecule has 2 aromatic carbocycles. The van der Waals surface area contributed by atoms with Crippen molar-refractivity contribution in [2.24, 2.45) is 0 Å². The molecule has 2 nitrogen and oxygen atoms in total. The predicted octanol–water partition coefficient (Wildman–Crippen LogP) is 5.43. The number of hydrogen-bond acceptors (Lipinski definition) is 1. The van der Waals surface area contributed by atoms with Crippen molar-refractivity contribution in [2.45, 2.75) is 11.8 Å². The Morgan fingerprint density at radius 2 is 1.81 bits per heavy atom. The van der Waals surface area contributed by atoms with E-state index in [9.17, 15) is 0 Å². The maximum atomic E-state index is 4.45. The lowest BCUT2D eigenvalue weighted by molar-refractivity contribution is 0.880. The molecular formula is C17H14Br2N2. The van der Waals surface area contributed by atoms with Crippen molar-refractivity contribution in [2.75, 3.05) is 0 Å². The number of para-hydroxylation sites is 1. The van der Waals surface area contributed by atoms with Crippen molar-refractivity contribution >= 4 is 31.9 Å². The van der Waals surface area contributed by atoms with Crippen LogP contribution in [0.15, 0.2) is 65.4 Å². The summed E-state index contributed by atoms with van der Waals surface area (Å²) in [5.74, 6) is 0.